The van der Waals surface area contributed by atoms with Crippen molar-refractivity contribution < 1.29 is 9.90 Å². The van der Waals surface area contributed by atoms with Crippen molar-refractivity contribution in [3.05, 3.63) is 47.9 Å². The largest absolute Gasteiger partial charge is 0.481 e. The number of aromatic nitrogens is 3. The third-order valence-electron chi connectivity index (χ3n) is 5.87. The Morgan fingerprint density at radius 2 is 2.00 bits per heavy atom. The summed E-state index contributed by atoms with van der Waals surface area (Å²) in [5.74, 6) is 0.703. The smallest absolute Gasteiger partial charge is 0.309 e. The van der Waals surface area contributed by atoms with Gasteiger partial charge in [-0.15, -0.1) is 0 Å². The molecule has 0 radical (unpaired) electrons. The molecule has 0 aliphatic carbocycles. The topological polar surface area (TPSA) is 90.9 Å². The van der Waals surface area contributed by atoms with Crippen LogP contribution in [-0.4, -0.2) is 38.6 Å². The molecule has 6 nitrogen and oxygen atoms in total. The fourth-order valence-corrected chi connectivity index (χ4v) is 4.05. The van der Waals surface area contributed by atoms with Gasteiger partial charge >= 0.3 is 5.97 Å². The number of carboxylic acid groups (broad SMARTS) is 1. The summed E-state index contributed by atoms with van der Waals surface area (Å²) in [4.78, 5) is 24.2. The first-order valence-corrected chi connectivity index (χ1v) is 10.2. The molecule has 0 saturated carbocycles. The van der Waals surface area contributed by atoms with Crippen molar-refractivity contribution in [2.45, 2.75) is 52.0 Å². The van der Waals surface area contributed by atoms with E-state index in [1.807, 2.05) is 30.5 Å². The van der Waals surface area contributed by atoms with Gasteiger partial charge in [0.15, 0.2) is 0 Å². The number of aliphatic carboxylic acids is 1. The van der Waals surface area contributed by atoms with Crippen LogP contribution in [0.15, 0.2) is 36.5 Å². The lowest BCUT2D eigenvalue weighted by atomic mass is 9.86. The highest BCUT2D eigenvalue weighted by atomic mass is 16.4. The number of carbonyl (C=O) groups is 1. The molecule has 1 fully saturated rings. The Labute approximate surface area is 171 Å². The Morgan fingerprint density at radius 1 is 1.24 bits per heavy atom. The minimum absolute atomic E-state index is 0.450. The Balaban J connectivity index is 1.55. The second kappa shape index (κ2) is 7.59. The molecule has 1 saturated heterocycles. The monoisotopic (exact) mass is 392 g/mol. The van der Waals surface area contributed by atoms with Crippen molar-refractivity contribution in [2.75, 3.05) is 6.54 Å². The molecule has 3 aliphatic rings. The van der Waals surface area contributed by atoms with Gasteiger partial charge in [0, 0.05) is 17.5 Å². The first-order chi connectivity index (χ1) is 13.8. The fourth-order valence-electron chi connectivity index (χ4n) is 4.05. The number of piperidine rings is 1. The van der Waals surface area contributed by atoms with Crippen LogP contribution < -0.4 is 5.32 Å². The molecule has 0 aromatic heterocycles. The van der Waals surface area contributed by atoms with Crippen LogP contribution in [0.1, 0.15) is 50.9 Å². The molecule has 6 heteroatoms. The molecule has 0 bridgehead atoms. The zero-order chi connectivity index (χ0) is 20.6. The Bertz CT molecular complexity index is 977. The number of hydrogen-bond acceptors (Lipinski definition) is 4. The van der Waals surface area contributed by atoms with Gasteiger partial charge in [-0.05, 0) is 58.2 Å². The van der Waals surface area contributed by atoms with E-state index in [9.17, 15) is 9.90 Å². The molecular formula is C23H28N4O2. The number of aromatic amines is 1. The normalized spacial score (nSPS) is 20.1. The number of benzene rings is 1. The predicted molar refractivity (Wildman–Crippen MR) is 113 cm³/mol. The SMILES string of the molecule is CC1CC(c2ncc3nc(-c4ccc(CC(C)(C)C(=O)O)cc4)cc-3[nH]2)CCN1. The summed E-state index contributed by atoms with van der Waals surface area (Å²) < 4.78 is 0. The van der Waals surface area contributed by atoms with Crippen LogP contribution in [-0.2, 0) is 11.2 Å². The van der Waals surface area contributed by atoms with Gasteiger partial charge in [-0.1, -0.05) is 24.3 Å². The zero-order valence-corrected chi connectivity index (χ0v) is 17.2. The van der Waals surface area contributed by atoms with Crippen LogP contribution >= 0.6 is 0 Å². The number of nitrogens with one attached hydrogen (secondary N) is 2. The molecule has 1 aromatic rings. The van der Waals surface area contributed by atoms with Crippen LogP contribution in [0, 0.1) is 5.41 Å². The summed E-state index contributed by atoms with van der Waals surface area (Å²) in [7, 11) is 0. The summed E-state index contributed by atoms with van der Waals surface area (Å²) in [5.41, 5.74) is 4.01. The number of nitrogens with zero attached hydrogens (tertiary/aromatic N) is 2. The van der Waals surface area contributed by atoms with Crippen molar-refractivity contribution in [3.63, 3.8) is 0 Å². The molecule has 4 rings (SSSR count). The number of carboxylic acids is 1. The Kier molecular flexibility index (Phi) is 5.13. The van der Waals surface area contributed by atoms with Crippen LogP contribution in [0.4, 0.5) is 0 Å². The van der Waals surface area contributed by atoms with E-state index in [2.05, 4.69) is 28.3 Å². The first kappa shape index (κ1) is 19.6. The van der Waals surface area contributed by atoms with E-state index in [-0.39, 0.29) is 0 Å². The van der Waals surface area contributed by atoms with Crippen molar-refractivity contribution in [1.82, 2.24) is 20.3 Å². The van der Waals surface area contributed by atoms with E-state index in [0.717, 1.165) is 53.4 Å². The van der Waals surface area contributed by atoms with Crippen molar-refractivity contribution in [3.8, 4) is 22.6 Å². The van der Waals surface area contributed by atoms with Gasteiger partial charge in [0.25, 0.3) is 0 Å². The van der Waals surface area contributed by atoms with Gasteiger partial charge in [-0.2, -0.15) is 0 Å². The number of hydrogen-bond donors (Lipinski definition) is 3. The van der Waals surface area contributed by atoms with E-state index in [4.69, 9.17) is 4.98 Å². The summed E-state index contributed by atoms with van der Waals surface area (Å²) in [6.07, 6.45) is 4.54. The Hall–Kier alpha value is -2.73. The Morgan fingerprint density at radius 3 is 2.69 bits per heavy atom. The highest BCUT2D eigenvalue weighted by Crippen LogP contribution is 2.31. The fraction of sp³-hybridized carbons (Fsp3) is 0.435. The van der Waals surface area contributed by atoms with E-state index in [0.29, 0.717) is 18.4 Å². The predicted octanol–water partition coefficient (Wildman–Crippen LogP) is 4.09. The van der Waals surface area contributed by atoms with Gasteiger partial charge in [-0.25, -0.2) is 9.97 Å². The minimum Gasteiger partial charge on any atom is -0.481 e. The average Bonchev–Trinajstić information content (AvgIpc) is 3.11. The summed E-state index contributed by atoms with van der Waals surface area (Å²) in [6, 6.07) is 10.6. The summed E-state index contributed by atoms with van der Waals surface area (Å²) >= 11 is 0. The standard InChI is InChI=1S/C23H28N4O2/c1-14-10-17(8-9-24-14)21-25-13-20-19(27-21)11-18(26-20)16-6-4-15(5-7-16)12-23(2,3)22(28)29/h4-7,11,13-14,17,24H,8-10,12H2,1-3H3,(H,25,27)(H,28,29). The van der Waals surface area contributed by atoms with Crippen molar-refractivity contribution in [2.24, 2.45) is 5.41 Å². The highest BCUT2D eigenvalue weighted by molar-refractivity contribution is 5.74. The molecule has 1 aromatic carbocycles. The minimum atomic E-state index is -0.785. The third kappa shape index (κ3) is 4.17. The molecule has 2 unspecified atom stereocenters. The van der Waals surface area contributed by atoms with Gasteiger partial charge in [0.1, 0.15) is 11.5 Å². The van der Waals surface area contributed by atoms with Gasteiger partial charge in [-0.3, -0.25) is 4.79 Å². The lowest BCUT2D eigenvalue weighted by molar-refractivity contribution is -0.146. The molecule has 3 aliphatic heterocycles. The number of H-pyrrole nitrogens is 1. The van der Waals surface area contributed by atoms with Crippen LogP contribution in [0.2, 0.25) is 0 Å². The maximum Gasteiger partial charge on any atom is 0.309 e. The van der Waals surface area contributed by atoms with Crippen LogP contribution in [0.5, 0.6) is 0 Å². The number of fused-ring (bicyclic) bond motifs is 1. The molecule has 0 amide bonds. The van der Waals surface area contributed by atoms with Gasteiger partial charge in [0.05, 0.1) is 23.0 Å². The first-order valence-electron chi connectivity index (χ1n) is 10.2. The lowest BCUT2D eigenvalue weighted by Gasteiger charge is -2.27. The maximum atomic E-state index is 11.4. The molecule has 29 heavy (non-hydrogen) atoms. The van der Waals surface area contributed by atoms with Crippen LogP contribution in [0.25, 0.3) is 22.6 Å². The van der Waals surface area contributed by atoms with Gasteiger partial charge < -0.3 is 15.4 Å². The van der Waals surface area contributed by atoms with E-state index >= 15 is 0 Å². The summed E-state index contributed by atoms with van der Waals surface area (Å²) in [6.45, 7) is 6.74. The maximum absolute atomic E-state index is 11.4. The second-order valence-electron chi connectivity index (χ2n) is 8.85. The molecule has 152 valence electrons. The molecule has 3 heterocycles. The molecule has 0 spiro atoms. The highest BCUT2D eigenvalue weighted by Gasteiger charge is 2.27. The quantitative estimate of drug-likeness (QED) is 0.608. The third-order valence-corrected chi connectivity index (χ3v) is 5.87. The second-order valence-corrected chi connectivity index (χ2v) is 8.85. The van der Waals surface area contributed by atoms with E-state index in [1.165, 1.54) is 0 Å². The molecule has 3 N–H and O–H groups in total. The van der Waals surface area contributed by atoms with Crippen molar-refractivity contribution in [1.29, 1.82) is 0 Å². The average molecular weight is 393 g/mol. The summed E-state index contributed by atoms with van der Waals surface area (Å²) in [5, 5.41) is 12.8. The van der Waals surface area contributed by atoms with Gasteiger partial charge in [0.2, 0.25) is 0 Å². The molecular weight excluding hydrogens is 364 g/mol. The van der Waals surface area contributed by atoms with Crippen molar-refractivity contribution >= 4 is 5.97 Å². The van der Waals surface area contributed by atoms with E-state index < -0.39 is 11.4 Å². The zero-order valence-electron chi connectivity index (χ0n) is 17.2. The molecule has 2 atom stereocenters. The van der Waals surface area contributed by atoms with Crippen LogP contribution in [0.3, 0.4) is 0 Å². The van der Waals surface area contributed by atoms with E-state index in [1.54, 1.807) is 13.8 Å². The lowest BCUT2D eigenvalue weighted by Crippen LogP contribution is -2.35. The number of rotatable bonds is 5.